The molecule has 0 aliphatic rings. The van der Waals surface area contributed by atoms with Crippen molar-refractivity contribution in [3.8, 4) is 11.3 Å². The average molecular weight is 325 g/mol. The van der Waals surface area contributed by atoms with Gasteiger partial charge in [-0.05, 0) is 32.4 Å². The van der Waals surface area contributed by atoms with Crippen molar-refractivity contribution in [2.75, 3.05) is 5.32 Å². The molecule has 0 saturated heterocycles. The average Bonchev–Trinajstić information content (AvgIpc) is 3.09. The van der Waals surface area contributed by atoms with Crippen molar-refractivity contribution in [1.29, 1.82) is 0 Å². The minimum atomic E-state index is -0.0734. The highest BCUT2D eigenvalue weighted by Crippen LogP contribution is 2.21. The van der Waals surface area contributed by atoms with Crippen molar-refractivity contribution >= 4 is 11.7 Å². The summed E-state index contributed by atoms with van der Waals surface area (Å²) < 4.78 is 6.76. The van der Waals surface area contributed by atoms with Gasteiger partial charge in [-0.15, -0.1) is 0 Å². The van der Waals surface area contributed by atoms with E-state index in [0.29, 0.717) is 18.7 Å². The molecule has 3 aromatic heterocycles. The Balaban J connectivity index is 1.66. The highest BCUT2D eigenvalue weighted by atomic mass is 16.5. The topological polar surface area (TPSA) is 85.8 Å². The summed E-state index contributed by atoms with van der Waals surface area (Å²) in [4.78, 5) is 16.3. The molecule has 124 valence electrons. The molecule has 7 nitrogen and oxygen atoms in total. The van der Waals surface area contributed by atoms with Gasteiger partial charge in [-0.3, -0.25) is 14.5 Å². The van der Waals surface area contributed by atoms with E-state index in [1.165, 1.54) is 0 Å². The zero-order chi connectivity index (χ0) is 17.1. The Morgan fingerprint density at radius 3 is 2.88 bits per heavy atom. The third kappa shape index (κ3) is 3.34. The molecule has 0 aliphatic heterocycles. The first-order valence-corrected chi connectivity index (χ1v) is 7.70. The summed E-state index contributed by atoms with van der Waals surface area (Å²) in [6.07, 6.45) is 4.41. The largest absolute Gasteiger partial charge is 0.361 e. The Morgan fingerprint density at radius 1 is 1.38 bits per heavy atom. The first-order chi connectivity index (χ1) is 11.5. The maximum atomic E-state index is 12.2. The number of hydrogen-bond donors (Lipinski definition) is 1. The summed E-state index contributed by atoms with van der Waals surface area (Å²) in [6.45, 7) is 3.74. The van der Waals surface area contributed by atoms with E-state index >= 15 is 0 Å². The van der Waals surface area contributed by atoms with Crippen LogP contribution in [0.1, 0.15) is 23.4 Å². The number of carbonyl (C=O) groups excluding carboxylic acids is 1. The second-order valence-electron chi connectivity index (χ2n) is 5.63. The number of carbonyl (C=O) groups is 1. The quantitative estimate of drug-likeness (QED) is 0.779. The molecule has 0 bridgehead atoms. The van der Waals surface area contributed by atoms with Crippen LogP contribution in [-0.4, -0.2) is 25.8 Å². The second kappa shape index (κ2) is 6.66. The van der Waals surface area contributed by atoms with Crippen LogP contribution in [0.15, 0.2) is 35.1 Å². The molecule has 24 heavy (non-hydrogen) atoms. The van der Waals surface area contributed by atoms with Crippen molar-refractivity contribution in [2.24, 2.45) is 7.05 Å². The molecule has 0 spiro atoms. The van der Waals surface area contributed by atoms with Gasteiger partial charge < -0.3 is 9.84 Å². The molecule has 0 atom stereocenters. The van der Waals surface area contributed by atoms with Crippen molar-refractivity contribution < 1.29 is 9.32 Å². The standard InChI is InChI=1S/C17H19N5O2/c1-11-14(12(2)24-21-11)6-7-17(23)19-16-9-15(20-22(16)3)13-5-4-8-18-10-13/h4-5,8-10H,6-7H2,1-3H3,(H,19,23). The van der Waals surface area contributed by atoms with Crippen LogP contribution in [0.2, 0.25) is 0 Å². The molecule has 0 saturated carbocycles. The van der Waals surface area contributed by atoms with Crippen molar-refractivity contribution in [1.82, 2.24) is 19.9 Å². The van der Waals surface area contributed by atoms with Gasteiger partial charge in [0.2, 0.25) is 5.91 Å². The Hall–Kier alpha value is -2.96. The SMILES string of the molecule is Cc1noc(C)c1CCC(=O)Nc1cc(-c2cccnc2)nn1C. The number of anilines is 1. The van der Waals surface area contributed by atoms with E-state index in [2.05, 4.69) is 20.6 Å². The number of nitrogens with zero attached hydrogens (tertiary/aromatic N) is 4. The van der Waals surface area contributed by atoms with Crippen LogP contribution in [0.3, 0.4) is 0 Å². The summed E-state index contributed by atoms with van der Waals surface area (Å²) in [5, 5.41) is 11.2. The molecule has 0 unspecified atom stereocenters. The van der Waals surface area contributed by atoms with Gasteiger partial charge in [0.05, 0.1) is 11.4 Å². The number of pyridine rings is 1. The normalized spacial score (nSPS) is 10.8. The lowest BCUT2D eigenvalue weighted by atomic mass is 10.1. The van der Waals surface area contributed by atoms with E-state index in [4.69, 9.17) is 4.52 Å². The van der Waals surface area contributed by atoms with Gasteiger partial charge in [0.15, 0.2) is 0 Å². The number of aromatic nitrogens is 4. The fourth-order valence-electron chi connectivity index (χ4n) is 2.54. The molecule has 1 amide bonds. The molecular formula is C17H19N5O2. The minimum Gasteiger partial charge on any atom is -0.361 e. The van der Waals surface area contributed by atoms with E-state index < -0.39 is 0 Å². The van der Waals surface area contributed by atoms with Gasteiger partial charge in [0, 0.05) is 43.1 Å². The van der Waals surface area contributed by atoms with Gasteiger partial charge >= 0.3 is 0 Å². The Kier molecular flexibility index (Phi) is 4.41. The minimum absolute atomic E-state index is 0.0734. The molecule has 3 aromatic rings. The Labute approximate surface area is 139 Å². The highest BCUT2D eigenvalue weighted by molar-refractivity contribution is 5.90. The van der Waals surface area contributed by atoms with E-state index in [0.717, 1.165) is 28.3 Å². The molecule has 3 heterocycles. The van der Waals surface area contributed by atoms with Crippen LogP contribution < -0.4 is 5.32 Å². The molecule has 0 aliphatic carbocycles. The van der Waals surface area contributed by atoms with Crippen molar-refractivity contribution in [3.63, 3.8) is 0 Å². The molecule has 0 aromatic carbocycles. The predicted octanol–water partition coefficient (Wildman–Crippen LogP) is 2.66. The second-order valence-corrected chi connectivity index (χ2v) is 5.63. The summed E-state index contributed by atoms with van der Waals surface area (Å²) in [6, 6.07) is 5.62. The number of hydrogen-bond acceptors (Lipinski definition) is 5. The van der Waals surface area contributed by atoms with Crippen LogP contribution in [0.4, 0.5) is 5.82 Å². The van der Waals surface area contributed by atoms with Crippen LogP contribution >= 0.6 is 0 Å². The fraction of sp³-hybridized carbons (Fsp3) is 0.294. The number of nitrogens with one attached hydrogen (secondary N) is 1. The van der Waals surface area contributed by atoms with Gasteiger partial charge in [0.25, 0.3) is 0 Å². The maximum Gasteiger partial charge on any atom is 0.225 e. The van der Waals surface area contributed by atoms with E-state index in [1.807, 2.05) is 32.0 Å². The van der Waals surface area contributed by atoms with E-state index in [9.17, 15) is 4.79 Å². The monoisotopic (exact) mass is 325 g/mol. The molecule has 1 N–H and O–H groups in total. The Bertz CT molecular complexity index is 832. The summed E-state index contributed by atoms with van der Waals surface area (Å²) in [5.41, 5.74) is 3.50. The first kappa shape index (κ1) is 15.9. The molecule has 3 rings (SSSR count). The summed E-state index contributed by atoms with van der Waals surface area (Å²) >= 11 is 0. The van der Waals surface area contributed by atoms with Gasteiger partial charge in [-0.25, -0.2) is 0 Å². The summed E-state index contributed by atoms with van der Waals surface area (Å²) in [7, 11) is 1.80. The smallest absolute Gasteiger partial charge is 0.225 e. The van der Waals surface area contributed by atoms with Gasteiger partial charge in [-0.1, -0.05) is 5.16 Å². The van der Waals surface area contributed by atoms with Crippen molar-refractivity contribution in [2.45, 2.75) is 26.7 Å². The maximum absolute atomic E-state index is 12.2. The molecular weight excluding hydrogens is 306 g/mol. The molecule has 0 radical (unpaired) electrons. The van der Waals surface area contributed by atoms with Gasteiger partial charge in [-0.2, -0.15) is 5.10 Å². The highest BCUT2D eigenvalue weighted by Gasteiger charge is 2.13. The predicted molar refractivity (Wildman–Crippen MR) is 89.4 cm³/mol. The zero-order valence-electron chi connectivity index (χ0n) is 13.9. The third-order valence-corrected chi connectivity index (χ3v) is 3.89. The number of amides is 1. The van der Waals surface area contributed by atoms with E-state index in [1.54, 1.807) is 24.1 Å². The number of rotatable bonds is 5. The van der Waals surface area contributed by atoms with Crippen molar-refractivity contribution in [3.05, 3.63) is 47.6 Å². The lowest BCUT2D eigenvalue weighted by Gasteiger charge is -2.04. The zero-order valence-corrected chi connectivity index (χ0v) is 13.9. The van der Waals surface area contributed by atoms with Crippen LogP contribution in [0, 0.1) is 13.8 Å². The van der Waals surface area contributed by atoms with Gasteiger partial charge in [0.1, 0.15) is 11.6 Å². The van der Waals surface area contributed by atoms with Crippen LogP contribution in [0.25, 0.3) is 11.3 Å². The third-order valence-electron chi connectivity index (χ3n) is 3.89. The number of aryl methyl sites for hydroxylation is 3. The van der Waals surface area contributed by atoms with E-state index in [-0.39, 0.29) is 5.91 Å². The van der Waals surface area contributed by atoms with Crippen LogP contribution in [-0.2, 0) is 18.3 Å². The first-order valence-electron chi connectivity index (χ1n) is 7.70. The van der Waals surface area contributed by atoms with Crippen LogP contribution in [0.5, 0.6) is 0 Å². The fourth-order valence-corrected chi connectivity index (χ4v) is 2.54. The summed E-state index contributed by atoms with van der Waals surface area (Å²) in [5.74, 6) is 1.34. The lowest BCUT2D eigenvalue weighted by molar-refractivity contribution is -0.116. The molecule has 0 fully saturated rings. The lowest BCUT2D eigenvalue weighted by Crippen LogP contribution is -2.15. The molecule has 7 heteroatoms. The Morgan fingerprint density at radius 2 is 2.21 bits per heavy atom.